The van der Waals surface area contributed by atoms with Crippen molar-refractivity contribution in [3.8, 4) is 11.6 Å². The van der Waals surface area contributed by atoms with Crippen molar-refractivity contribution < 1.29 is 9.47 Å². The molecular weight excluding hydrogens is 288 g/mol. The first-order valence-electron chi connectivity index (χ1n) is 6.80. The van der Waals surface area contributed by atoms with E-state index in [1.54, 1.807) is 13.3 Å². The third-order valence-electron chi connectivity index (χ3n) is 2.94. The van der Waals surface area contributed by atoms with Gasteiger partial charge in [0.1, 0.15) is 11.9 Å². The summed E-state index contributed by atoms with van der Waals surface area (Å²) in [5.41, 5.74) is 1.10. The highest BCUT2D eigenvalue weighted by Crippen LogP contribution is 2.24. The Kier molecular flexibility index (Phi) is 5.84. The fourth-order valence-corrected chi connectivity index (χ4v) is 2.18. The number of rotatable bonds is 7. The quantitative estimate of drug-likeness (QED) is 0.852. The fraction of sp³-hybridized carbons (Fsp3) is 0.312. The van der Waals surface area contributed by atoms with Crippen LogP contribution in [0.5, 0.6) is 11.6 Å². The Bertz CT molecular complexity index is 563. The zero-order valence-electron chi connectivity index (χ0n) is 12.2. The molecule has 0 bridgehead atoms. The van der Waals surface area contributed by atoms with Gasteiger partial charge in [-0.15, -0.1) is 0 Å². The van der Waals surface area contributed by atoms with E-state index in [9.17, 15) is 0 Å². The smallest absolute Gasteiger partial charge is 0.213 e. The molecule has 1 N–H and O–H groups in total. The highest BCUT2D eigenvalue weighted by atomic mass is 35.5. The molecule has 0 saturated carbocycles. The molecule has 0 amide bonds. The minimum Gasteiger partial charge on any atom is -0.495 e. The lowest BCUT2D eigenvalue weighted by atomic mass is 10.2. The summed E-state index contributed by atoms with van der Waals surface area (Å²) in [7, 11) is 1.61. The molecule has 0 radical (unpaired) electrons. The maximum atomic E-state index is 6.09. The molecule has 1 aromatic heterocycles. The molecule has 0 aliphatic heterocycles. The number of nitrogens with zero attached hydrogens (tertiary/aromatic N) is 1. The Hall–Kier alpha value is -1.78. The van der Waals surface area contributed by atoms with E-state index in [0.717, 1.165) is 18.7 Å². The Morgan fingerprint density at radius 3 is 2.81 bits per heavy atom. The lowest BCUT2D eigenvalue weighted by Gasteiger charge is -2.14. The second-order valence-corrected chi connectivity index (χ2v) is 5.10. The lowest BCUT2D eigenvalue weighted by molar-refractivity contribution is 0.208. The van der Waals surface area contributed by atoms with Gasteiger partial charge in [-0.3, -0.25) is 0 Å². The van der Waals surface area contributed by atoms with E-state index >= 15 is 0 Å². The molecule has 0 unspecified atom stereocenters. The Morgan fingerprint density at radius 2 is 2.14 bits per heavy atom. The standard InChI is InChI=1S/C16H19ClN2O2/c1-12(21-16-5-3-4-8-19-16)10-18-11-13-6-7-15(20-2)14(17)9-13/h3-9,12,18H,10-11H2,1-2H3/t12-/m1/s1. The lowest BCUT2D eigenvalue weighted by Crippen LogP contribution is -2.28. The van der Waals surface area contributed by atoms with E-state index in [-0.39, 0.29) is 6.10 Å². The highest BCUT2D eigenvalue weighted by Gasteiger charge is 2.05. The number of halogens is 1. The van der Waals surface area contributed by atoms with Gasteiger partial charge in [0.2, 0.25) is 5.88 Å². The molecule has 0 saturated heterocycles. The second kappa shape index (κ2) is 7.86. The molecule has 0 spiro atoms. The van der Waals surface area contributed by atoms with Crippen molar-refractivity contribution in [2.24, 2.45) is 0 Å². The van der Waals surface area contributed by atoms with Gasteiger partial charge >= 0.3 is 0 Å². The van der Waals surface area contributed by atoms with Crippen molar-refractivity contribution in [2.75, 3.05) is 13.7 Å². The highest BCUT2D eigenvalue weighted by molar-refractivity contribution is 6.32. The maximum Gasteiger partial charge on any atom is 0.213 e. The summed E-state index contributed by atoms with van der Waals surface area (Å²) in [5, 5.41) is 3.95. The van der Waals surface area contributed by atoms with E-state index in [1.165, 1.54) is 0 Å². The Balaban J connectivity index is 1.77. The molecular formula is C16H19ClN2O2. The zero-order valence-corrected chi connectivity index (χ0v) is 12.9. The van der Waals surface area contributed by atoms with Crippen molar-refractivity contribution in [1.82, 2.24) is 10.3 Å². The summed E-state index contributed by atoms with van der Waals surface area (Å²) in [5.74, 6) is 1.33. The molecule has 1 atom stereocenters. The van der Waals surface area contributed by atoms with E-state index in [0.29, 0.717) is 16.7 Å². The molecule has 0 fully saturated rings. The Labute approximate surface area is 130 Å². The summed E-state index contributed by atoms with van der Waals surface area (Å²) in [6.07, 6.45) is 1.75. The van der Waals surface area contributed by atoms with Gasteiger partial charge in [-0.05, 0) is 30.7 Å². The van der Waals surface area contributed by atoms with E-state index < -0.39 is 0 Å². The fourth-order valence-electron chi connectivity index (χ4n) is 1.90. The van der Waals surface area contributed by atoms with Crippen LogP contribution in [0.4, 0.5) is 0 Å². The average molecular weight is 307 g/mol. The monoisotopic (exact) mass is 306 g/mol. The molecule has 21 heavy (non-hydrogen) atoms. The predicted molar refractivity (Wildman–Crippen MR) is 84.0 cm³/mol. The molecule has 2 rings (SSSR count). The number of ether oxygens (including phenoxy) is 2. The van der Waals surface area contributed by atoms with E-state index in [1.807, 2.05) is 43.3 Å². The van der Waals surface area contributed by atoms with Crippen molar-refractivity contribution in [3.05, 3.63) is 53.2 Å². The van der Waals surface area contributed by atoms with Gasteiger partial charge in [0, 0.05) is 25.4 Å². The van der Waals surface area contributed by atoms with Crippen molar-refractivity contribution in [2.45, 2.75) is 19.6 Å². The van der Waals surface area contributed by atoms with Crippen LogP contribution < -0.4 is 14.8 Å². The minimum atomic E-state index is 0.0358. The number of nitrogens with one attached hydrogen (secondary N) is 1. The normalized spacial score (nSPS) is 12.0. The van der Waals surface area contributed by atoms with Gasteiger partial charge in [0.05, 0.1) is 12.1 Å². The molecule has 1 aromatic carbocycles. The molecule has 2 aromatic rings. The third-order valence-corrected chi connectivity index (χ3v) is 3.23. The summed E-state index contributed by atoms with van der Waals surface area (Å²) in [6, 6.07) is 11.4. The number of benzene rings is 1. The van der Waals surface area contributed by atoms with Crippen LogP contribution in [0.15, 0.2) is 42.6 Å². The van der Waals surface area contributed by atoms with Crippen molar-refractivity contribution in [1.29, 1.82) is 0 Å². The van der Waals surface area contributed by atoms with Gasteiger partial charge in [-0.2, -0.15) is 0 Å². The summed E-state index contributed by atoms with van der Waals surface area (Å²) in [6.45, 7) is 3.45. The van der Waals surface area contributed by atoms with Gasteiger partial charge in [0.15, 0.2) is 0 Å². The zero-order chi connectivity index (χ0) is 15.1. The first-order valence-corrected chi connectivity index (χ1v) is 7.17. The third kappa shape index (κ3) is 4.92. The van der Waals surface area contributed by atoms with Crippen LogP contribution >= 0.6 is 11.6 Å². The van der Waals surface area contributed by atoms with E-state index in [4.69, 9.17) is 21.1 Å². The predicted octanol–water partition coefficient (Wildman–Crippen LogP) is 3.30. The van der Waals surface area contributed by atoms with Gasteiger partial charge < -0.3 is 14.8 Å². The first kappa shape index (κ1) is 15.6. The first-order chi connectivity index (χ1) is 10.2. The topological polar surface area (TPSA) is 43.4 Å². The number of hydrogen-bond donors (Lipinski definition) is 1. The number of hydrogen-bond acceptors (Lipinski definition) is 4. The molecule has 4 nitrogen and oxygen atoms in total. The van der Waals surface area contributed by atoms with Crippen LogP contribution in [-0.4, -0.2) is 24.7 Å². The molecule has 112 valence electrons. The Morgan fingerprint density at radius 1 is 1.29 bits per heavy atom. The van der Waals surface area contributed by atoms with Crippen molar-refractivity contribution >= 4 is 11.6 Å². The molecule has 0 aliphatic rings. The SMILES string of the molecule is COc1ccc(CNC[C@@H](C)Oc2ccccn2)cc1Cl. The van der Waals surface area contributed by atoms with Gasteiger partial charge in [0.25, 0.3) is 0 Å². The average Bonchev–Trinajstić information content (AvgIpc) is 2.48. The maximum absolute atomic E-state index is 6.09. The van der Waals surface area contributed by atoms with Crippen LogP contribution in [0.1, 0.15) is 12.5 Å². The minimum absolute atomic E-state index is 0.0358. The summed E-state index contributed by atoms with van der Waals surface area (Å²) < 4.78 is 10.8. The van der Waals surface area contributed by atoms with Crippen LogP contribution in [0, 0.1) is 0 Å². The van der Waals surface area contributed by atoms with Crippen LogP contribution in [0.2, 0.25) is 5.02 Å². The van der Waals surface area contributed by atoms with Crippen LogP contribution in [-0.2, 0) is 6.54 Å². The van der Waals surface area contributed by atoms with Crippen LogP contribution in [0.3, 0.4) is 0 Å². The van der Waals surface area contributed by atoms with Gasteiger partial charge in [-0.25, -0.2) is 4.98 Å². The summed E-state index contributed by atoms with van der Waals surface area (Å²) >= 11 is 6.09. The number of aromatic nitrogens is 1. The van der Waals surface area contributed by atoms with Crippen LogP contribution in [0.25, 0.3) is 0 Å². The molecule has 1 heterocycles. The second-order valence-electron chi connectivity index (χ2n) is 4.70. The summed E-state index contributed by atoms with van der Waals surface area (Å²) in [4.78, 5) is 4.13. The number of methoxy groups -OCH3 is 1. The van der Waals surface area contributed by atoms with E-state index in [2.05, 4.69) is 10.3 Å². The largest absolute Gasteiger partial charge is 0.495 e. The van der Waals surface area contributed by atoms with Crippen molar-refractivity contribution in [3.63, 3.8) is 0 Å². The van der Waals surface area contributed by atoms with Gasteiger partial charge in [-0.1, -0.05) is 23.7 Å². The molecule has 0 aliphatic carbocycles. The molecule has 5 heteroatoms. The number of pyridine rings is 1.